The van der Waals surface area contributed by atoms with Gasteiger partial charge in [0.1, 0.15) is 11.6 Å². The number of anilines is 1. The Morgan fingerprint density at radius 1 is 1.03 bits per heavy atom. The van der Waals surface area contributed by atoms with Crippen LogP contribution in [0.2, 0.25) is 0 Å². The van der Waals surface area contributed by atoms with Crippen LogP contribution in [0, 0.1) is 13.8 Å². The van der Waals surface area contributed by atoms with E-state index >= 15 is 0 Å². The van der Waals surface area contributed by atoms with Gasteiger partial charge in [0.2, 0.25) is 5.91 Å². The standard InChI is InChI=1S/C23H22N4O2/c1-16-7-10-19(11-8-16)29-14-13-23(28)25-22-15-17(2)26-27(22)21-12-9-18-5-3-4-6-20(18)24-21/h3-12,15H,13-14H2,1-2H3,(H,25,28). The third kappa shape index (κ3) is 4.43. The maximum atomic E-state index is 12.4. The lowest BCUT2D eigenvalue weighted by Crippen LogP contribution is -2.17. The van der Waals surface area contributed by atoms with Crippen molar-refractivity contribution < 1.29 is 9.53 Å². The SMILES string of the molecule is Cc1ccc(OCCC(=O)Nc2cc(C)nn2-c2ccc3ccccc3n2)cc1. The third-order valence-electron chi connectivity index (χ3n) is 4.52. The van der Waals surface area contributed by atoms with Gasteiger partial charge in [0, 0.05) is 11.5 Å². The third-order valence-corrected chi connectivity index (χ3v) is 4.52. The highest BCUT2D eigenvalue weighted by atomic mass is 16.5. The zero-order chi connectivity index (χ0) is 20.2. The van der Waals surface area contributed by atoms with E-state index in [0.717, 1.165) is 22.3 Å². The molecule has 0 fully saturated rings. The molecule has 1 N–H and O–H groups in total. The summed E-state index contributed by atoms with van der Waals surface area (Å²) in [5.41, 5.74) is 2.84. The molecule has 0 saturated carbocycles. The number of pyridine rings is 1. The largest absolute Gasteiger partial charge is 0.493 e. The monoisotopic (exact) mass is 386 g/mol. The average molecular weight is 386 g/mol. The molecule has 0 aliphatic heterocycles. The summed E-state index contributed by atoms with van der Waals surface area (Å²) >= 11 is 0. The summed E-state index contributed by atoms with van der Waals surface area (Å²) in [7, 11) is 0. The topological polar surface area (TPSA) is 69.0 Å². The van der Waals surface area contributed by atoms with Gasteiger partial charge in [0.25, 0.3) is 0 Å². The van der Waals surface area contributed by atoms with Gasteiger partial charge in [0.15, 0.2) is 5.82 Å². The van der Waals surface area contributed by atoms with Crippen LogP contribution in [-0.4, -0.2) is 27.3 Å². The van der Waals surface area contributed by atoms with Gasteiger partial charge < -0.3 is 10.1 Å². The Morgan fingerprint density at radius 3 is 2.66 bits per heavy atom. The van der Waals surface area contributed by atoms with Gasteiger partial charge in [-0.05, 0) is 44.2 Å². The van der Waals surface area contributed by atoms with E-state index in [1.165, 1.54) is 5.56 Å². The predicted molar refractivity (Wildman–Crippen MR) is 114 cm³/mol. The Bertz CT molecular complexity index is 1150. The molecule has 0 bridgehead atoms. The van der Waals surface area contributed by atoms with Crippen molar-refractivity contribution in [3.8, 4) is 11.6 Å². The second kappa shape index (κ2) is 8.14. The number of fused-ring (bicyclic) bond motifs is 1. The van der Waals surface area contributed by atoms with Crippen molar-refractivity contribution in [2.24, 2.45) is 0 Å². The fourth-order valence-electron chi connectivity index (χ4n) is 3.04. The van der Waals surface area contributed by atoms with Crippen LogP contribution in [-0.2, 0) is 4.79 Å². The number of carbonyl (C=O) groups excluding carboxylic acids is 1. The summed E-state index contributed by atoms with van der Waals surface area (Å²) in [5.74, 6) is 1.86. The first kappa shape index (κ1) is 18.7. The number of para-hydroxylation sites is 1. The second-order valence-electron chi connectivity index (χ2n) is 6.90. The molecule has 2 aromatic carbocycles. The van der Waals surface area contributed by atoms with Crippen LogP contribution < -0.4 is 10.1 Å². The maximum absolute atomic E-state index is 12.4. The fourth-order valence-corrected chi connectivity index (χ4v) is 3.04. The highest BCUT2D eigenvalue weighted by molar-refractivity contribution is 5.90. The van der Waals surface area contributed by atoms with Crippen molar-refractivity contribution in [2.75, 3.05) is 11.9 Å². The van der Waals surface area contributed by atoms with Crippen molar-refractivity contribution >= 4 is 22.6 Å². The average Bonchev–Trinajstić information content (AvgIpc) is 3.09. The molecule has 2 aromatic heterocycles. The highest BCUT2D eigenvalue weighted by Crippen LogP contribution is 2.19. The number of benzene rings is 2. The Hall–Kier alpha value is -3.67. The van der Waals surface area contributed by atoms with Crippen molar-refractivity contribution in [3.63, 3.8) is 0 Å². The summed E-state index contributed by atoms with van der Waals surface area (Å²) in [6, 6.07) is 21.4. The van der Waals surface area contributed by atoms with Crippen LogP contribution in [0.3, 0.4) is 0 Å². The Kier molecular flexibility index (Phi) is 5.24. The molecule has 6 heteroatoms. The summed E-state index contributed by atoms with van der Waals surface area (Å²) < 4.78 is 7.30. The number of nitrogens with zero attached hydrogens (tertiary/aromatic N) is 3. The summed E-state index contributed by atoms with van der Waals surface area (Å²) in [6.07, 6.45) is 0.239. The molecule has 0 saturated heterocycles. The van der Waals surface area contributed by atoms with Gasteiger partial charge in [-0.2, -0.15) is 9.78 Å². The number of hydrogen-bond acceptors (Lipinski definition) is 4. The normalized spacial score (nSPS) is 10.8. The highest BCUT2D eigenvalue weighted by Gasteiger charge is 2.12. The number of ether oxygens (including phenoxy) is 1. The fraction of sp³-hybridized carbons (Fsp3) is 0.174. The van der Waals surface area contributed by atoms with Crippen molar-refractivity contribution in [2.45, 2.75) is 20.3 Å². The number of rotatable bonds is 6. The molecular formula is C23H22N4O2. The molecule has 0 aliphatic rings. The lowest BCUT2D eigenvalue weighted by molar-refractivity contribution is -0.116. The zero-order valence-corrected chi connectivity index (χ0v) is 16.4. The molecule has 29 heavy (non-hydrogen) atoms. The van der Waals surface area contributed by atoms with Crippen LogP contribution in [0.25, 0.3) is 16.7 Å². The Balaban J connectivity index is 1.44. The minimum Gasteiger partial charge on any atom is -0.493 e. The number of hydrogen-bond donors (Lipinski definition) is 1. The van der Waals surface area contributed by atoms with Crippen LogP contribution >= 0.6 is 0 Å². The molecule has 146 valence electrons. The van der Waals surface area contributed by atoms with Gasteiger partial charge in [0.05, 0.1) is 24.2 Å². The first-order chi connectivity index (χ1) is 14.1. The van der Waals surface area contributed by atoms with E-state index in [1.54, 1.807) is 4.68 Å². The van der Waals surface area contributed by atoms with E-state index in [9.17, 15) is 4.79 Å². The number of nitrogens with one attached hydrogen (secondary N) is 1. The molecule has 0 spiro atoms. The minimum atomic E-state index is -0.140. The van der Waals surface area contributed by atoms with E-state index in [1.807, 2.05) is 80.6 Å². The molecule has 4 rings (SSSR count). The molecule has 2 heterocycles. The first-order valence-electron chi connectivity index (χ1n) is 9.51. The number of amides is 1. The summed E-state index contributed by atoms with van der Waals surface area (Å²) in [4.78, 5) is 17.1. The molecule has 0 unspecified atom stereocenters. The van der Waals surface area contributed by atoms with Gasteiger partial charge >= 0.3 is 0 Å². The molecule has 0 radical (unpaired) electrons. The Morgan fingerprint density at radius 2 is 1.83 bits per heavy atom. The quantitative estimate of drug-likeness (QED) is 0.532. The molecule has 0 atom stereocenters. The molecular weight excluding hydrogens is 364 g/mol. The van der Waals surface area contributed by atoms with Crippen LogP contribution in [0.4, 0.5) is 5.82 Å². The zero-order valence-electron chi connectivity index (χ0n) is 16.4. The number of aryl methyl sites for hydroxylation is 2. The molecule has 4 aromatic rings. The second-order valence-corrected chi connectivity index (χ2v) is 6.90. The van der Waals surface area contributed by atoms with E-state index in [-0.39, 0.29) is 12.3 Å². The van der Waals surface area contributed by atoms with Crippen LogP contribution in [0.5, 0.6) is 5.75 Å². The van der Waals surface area contributed by atoms with E-state index < -0.39 is 0 Å². The van der Waals surface area contributed by atoms with Crippen molar-refractivity contribution in [3.05, 3.63) is 78.0 Å². The lowest BCUT2D eigenvalue weighted by atomic mass is 10.2. The number of carbonyl (C=O) groups is 1. The molecule has 1 amide bonds. The van der Waals surface area contributed by atoms with Gasteiger partial charge in [-0.1, -0.05) is 35.9 Å². The molecule has 0 aliphatic carbocycles. The smallest absolute Gasteiger partial charge is 0.228 e. The van der Waals surface area contributed by atoms with Crippen molar-refractivity contribution in [1.82, 2.24) is 14.8 Å². The van der Waals surface area contributed by atoms with Crippen LogP contribution in [0.15, 0.2) is 66.7 Å². The maximum Gasteiger partial charge on any atom is 0.228 e. The van der Waals surface area contributed by atoms with Gasteiger partial charge in [-0.15, -0.1) is 0 Å². The first-order valence-corrected chi connectivity index (χ1v) is 9.51. The molecule has 6 nitrogen and oxygen atoms in total. The van der Waals surface area contributed by atoms with Gasteiger partial charge in [-0.25, -0.2) is 4.98 Å². The van der Waals surface area contributed by atoms with Crippen molar-refractivity contribution in [1.29, 1.82) is 0 Å². The summed E-state index contributed by atoms with van der Waals surface area (Å²) in [5, 5.41) is 8.45. The summed E-state index contributed by atoms with van der Waals surface area (Å²) in [6.45, 7) is 4.21. The Labute approximate surface area is 169 Å². The van der Waals surface area contributed by atoms with E-state index in [2.05, 4.69) is 15.4 Å². The van der Waals surface area contributed by atoms with E-state index in [0.29, 0.717) is 18.2 Å². The number of aromatic nitrogens is 3. The van der Waals surface area contributed by atoms with Gasteiger partial charge in [-0.3, -0.25) is 4.79 Å². The minimum absolute atomic E-state index is 0.140. The lowest BCUT2D eigenvalue weighted by Gasteiger charge is -2.10. The predicted octanol–water partition coefficient (Wildman–Crippen LogP) is 4.44. The van der Waals surface area contributed by atoms with E-state index in [4.69, 9.17) is 4.74 Å². The van der Waals surface area contributed by atoms with Crippen LogP contribution in [0.1, 0.15) is 17.7 Å².